The summed E-state index contributed by atoms with van der Waals surface area (Å²) in [6, 6.07) is 3.55. The second kappa shape index (κ2) is 10.3. The van der Waals surface area contributed by atoms with Crippen molar-refractivity contribution in [1.82, 2.24) is 0 Å². The van der Waals surface area contributed by atoms with E-state index < -0.39 is 16.6 Å². The fourth-order valence-corrected chi connectivity index (χ4v) is 6.98. The molecular formula is C21H42O3Si2. The number of ether oxygens (including phenoxy) is 1. The molecule has 0 radical (unpaired) electrons. The summed E-state index contributed by atoms with van der Waals surface area (Å²) in [7, 11) is -3.30. The predicted molar refractivity (Wildman–Crippen MR) is 118 cm³/mol. The molecule has 2 atom stereocenters. The third-order valence-electron chi connectivity index (χ3n) is 6.31. The van der Waals surface area contributed by atoms with Gasteiger partial charge in [0, 0.05) is 0 Å². The number of rotatable bonds is 10. The van der Waals surface area contributed by atoms with E-state index >= 15 is 0 Å². The van der Waals surface area contributed by atoms with Gasteiger partial charge in [0.1, 0.15) is 6.10 Å². The Hall–Kier alpha value is -0.366. The van der Waals surface area contributed by atoms with Crippen molar-refractivity contribution >= 4 is 16.6 Å². The van der Waals surface area contributed by atoms with Gasteiger partial charge in [-0.15, -0.1) is 0 Å². The van der Waals surface area contributed by atoms with Gasteiger partial charge >= 0.3 is 0 Å². The molecule has 0 saturated heterocycles. The zero-order valence-corrected chi connectivity index (χ0v) is 20.4. The average molecular weight is 399 g/mol. The quantitative estimate of drug-likeness (QED) is 0.234. The first-order chi connectivity index (χ1) is 12.1. The van der Waals surface area contributed by atoms with Crippen molar-refractivity contribution in [2.24, 2.45) is 0 Å². The Morgan fingerprint density at radius 2 is 1.69 bits per heavy atom. The molecule has 0 bridgehead atoms. The van der Waals surface area contributed by atoms with Gasteiger partial charge in [0.25, 0.3) is 0 Å². The van der Waals surface area contributed by atoms with Crippen LogP contribution in [-0.2, 0) is 13.6 Å². The molecule has 1 aliphatic rings. The van der Waals surface area contributed by atoms with Crippen molar-refractivity contribution < 1.29 is 13.6 Å². The molecular weight excluding hydrogens is 356 g/mol. The van der Waals surface area contributed by atoms with Gasteiger partial charge in [0.15, 0.2) is 16.6 Å². The second-order valence-electron chi connectivity index (χ2n) is 8.95. The minimum absolute atomic E-state index is 0.0136. The first kappa shape index (κ1) is 23.7. The second-order valence-corrected chi connectivity index (χ2v) is 18.5. The molecule has 1 aliphatic carbocycles. The van der Waals surface area contributed by atoms with Crippen LogP contribution in [-0.4, -0.2) is 35.4 Å². The lowest BCUT2D eigenvalue weighted by Gasteiger charge is -2.41. The number of hydrogen-bond donors (Lipinski definition) is 0. The summed E-state index contributed by atoms with van der Waals surface area (Å²) in [6.07, 6.45) is 10.5. The molecule has 0 aliphatic heterocycles. The number of allylic oxidation sites excluding steroid dienone is 1. The Balaban J connectivity index is 2.58. The molecule has 0 N–H and O–H groups in total. The lowest BCUT2D eigenvalue weighted by molar-refractivity contribution is 0.0355. The van der Waals surface area contributed by atoms with Gasteiger partial charge in [0.2, 0.25) is 0 Å². The monoisotopic (exact) mass is 398 g/mol. The molecule has 5 heteroatoms. The summed E-state index contributed by atoms with van der Waals surface area (Å²) in [5.41, 5.74) is 0. The smallest absolute Gasteiger partial charge is 0.192 e. The Bertz CT molecular complexity index is 454. The molecule has 3 nitrogen and oxygen atoms in total. The topological polar surface area (TPSA) is 27.7 Å². The van der Waals surface area contributed by atoms with Crippen LogP contribution in [0.1, 0.15) is 54.4 Å². The van der Waals surface area contributed by atoms with Crippen molar-refractivity contribution in [1.29, 1.82) is 0 Å². The summed E-state index contributed by atoms with van der Waals surface area (Å²) in [5.74, 6) is 0. The van der Waals surface area contributed by atoms with Crippen molar-refractivity contribution in [2.75, 3.05) is 6.61 Å². The van der Waals surface area contributed by atoms with E-state index in [2.05, 4.69) is 66.8 Å². The van der Waals surface area contributed by atoms with Crippen molar-refractivity contribution in [2.45, 2.75) is 103 Å². The summed E-state index contributed by atoms with van der Waals surface area (Å²) in [6.45, 7) is 18.9. The fourth-order valence-electron chi connectivity index (χ4n) is 3.06. The zero-order valence-electron chi connectivity index (χ0n) is 18.4. The van der Waals surface area contributed by atoms with E-state index in [1.807, 2.05) is 12.3 Å². The molecule has 1 rings (SSSR count). The molecule has 0 heterocycles. The molecule has 0 spiro atoms. The van der Waals surface area contributed by atoms with Gasteiger partial charge in [-0.05, 0) is 61.3 Å². The molecule has 26 heavy (non-hydrogen) atoms. The van der Waals surface area contributed by atoms with Gasteiger partial charge in [0.05, 0.1) is 19.0 Å². The Kier molecular flexibility index (Phi) is 9.33. The normalized spacial score (nSPS) is 22.2. The van der Waals surface area contributed by atoms with Gasteiger partial charge in [-0.3, -0.25) is 0 Å². The maximum absolute atomic E-state index is 6.62. The van der Waals surface area contributed by atoms with Crippen LogP contribution >= 0.6 is 0 Å². The number of hydrogen-bond acceptors (Lipinski definition) is 3. The predicted octanol–water partition coefficient (Wildman–Crippen LogP) is 6.65. The van der Waals surface area contributed by atoms with Gasteiger partial charge < -0.3 is 13.6 Å². The highest BCUT2D eigenvalue weighted by Crippen LogP contribution is 2.39. The molecule has 152 valence electrons. The van der Waals surface area contributed by atoms with E-state index in [4.69, 9.17) is 13.6 Å². The third-order valence-corrected chi connectivity index (χ3v) is 15.5. The standard InChI is InChI=1S/C21H42O3Si2/c1-9-26(10-2,11-3)23-18-14-17-22-19-15-12-13-16-20(19)24-25(7,8)21(4,5)6/h12,14-15,17,19-20H,9-11,13,16,18H2,1-8H3/b17-14+/t19-,20-/m1/s1. The zero-order chi connectivity index (χ0) is 19.8. The largest absolute Gasteiger partial charge is 0.492 e. The Labute approximate surface area is 164 Å². The van der Waals surface area contributed by atoms with E-state index in [1.54, 1.807) is 0 Å². The van der Waals surface area contributed by atoms with Crippen LogP contribution in [0.2, 0.25) is 36.3 Å². The van der Waals surface area contributed by atoms with Crippen LogP contribution in [0.4, 0.5) is 0 Å². The summed E-state index contributed by atoms with van der Waals surface area (Å²) in [4.78, 5) is 0. The lowest BCUT2D eigenvalue weighted by atomic mass is 10.0. The molecule has 0 fully saturated rings. The molecule has 0 aromatic heterocycles. The molecule has 0 unspecified atom stereocenters. The van der Waals surface area contributed by atoms with Crippen LogP contribution in [0.25, 0.3) is 0 Å². The van der Waals surface area contributed by atoms with E-state index in [-0.39, 0.29) is 17.2 Å². The highest BCUT2D eigenvalue weighted by molar-refractivity contribution is 6.74. The minimum atomic E-state index is -1.79. The van der Waals surface area contributed by atoms with Crippen LogP contribution in [0.3, 0.4) is 0 Å². The Morgan fingerprint density at radius 3 is 2.23 bits per heavy atom. The molecule has 0 aromatic rings. The molecule has 0 amide bonds. The van der Waals surface area contributed by atoms with E-state index in [1.165, 1.54) is 18.1 Å². The Morgan fingerprint density at radius 1 is 1.08 bits per heavy atom. The van der Waals surface area contributed by atoms with Crippen LogP contribution < -0.4 is 0 Å². The van der Waals surface area contributed by atoms with Crippen LogP contribution in [0.15, 0.2) is 24.5 Å². The summed E-state index contributed by atoms with van der Waals surface area (Å²) >= 11 is 0. The first-order valence-corrected chi connectivity index (χ1v) is 15.8. The van der Waals surface area contributed by atoms with Gasteiger partial charge in [-0.2, -0.15) is 0 Å². The van der Waals surface area contributed by atoms with Crippen molar-refractivity contribution in [3.05, 3.63) is 24.5 Å². The van der Waals surface area contributed by atoms with E-state index in [9.17, 15) is 0 Å². The fraction of sp³-hybridized carbons (Fsp3) is 0.810. The minimum Gasteiger partial charge on any atom is -0.492 e. The third kappa shape index (κ3) is 6.66. The van der Waals surface area contributed by atoms with Crippen molar-refractivity contribution in [3.8, 4) is 0 Å². The van der Waals surface area contributed by atoms with Crippen molar-refractivity contribution in [3.63, 3.8) is 0 Å². The highest BCUT2D eigenvalue weighted by atomic mass is 28.4. The van der Waals surface area contributed by atoms with E-state index in [0.717, 1.165) is 12.8 Å². The van der Waals surface area contributed by atoms with Crippen LogP contribution in [0.5, 0.6) is 0 Å². The summed E-state index contributed by atoms with van der Waals surface area (Å²) in [5, 5.41) is 0.219. The van der Waals surface area contributed by atoms with Gasteiger partial charge in [-0.1, -0.05) is 47.6 Å². The van der Waals surface area contributed by atoms with E-state index in [0.29, 0.717) is 6.61 Å². The lowest BCUT2D eigenvalue weighted by Crippen LogP contribution is -2.47. The molecule has 0 saturated carbocycles. The maximum Gasteiger partial charge on any atom is 0.192 e. The highest BCUT2D eigenvalue weighted by Gasteiger charge is 2.41. The SMILES string of the molecule is CC[Si](CC)(CC)OC/C=C/O[C@@H]1C=CCC[C@H]1O[Si](C)(C)C(C)(C)C. The first-order valence-electron chi connectivity index (χ1n) is 10.4. The van der Waals surface area contributed by atoms with Crippen LogP contribution in [0, 0.1) is 0 Å². The molecule has 0 aromatic carbocycles. The van der Waals surface area contributed by atoms with Gasteiger partial charge in [-0.25, -0.2) is 0 Å². The summed E-state index contributed by atoms with van der Waals surface area (Å²) < 4.78 is 18.9. The average Bonchev–Trinajstić information content (AvgIpc) is 2.59. The maximum atomic E-state index is 6.62.